The van der Waals surface area contributed by atoms with E-state index in [2.05, 4.69) is 21.6 Å². The Hall–Kier alpha value is -3.53. The number of carbonyl (C=O) groups excluding carboxylic acids is 2. The number of aromatic nitrogens is 3. The van der Waals surface area contributed by atoms with Gasteiger partial charge >= 0.3 is 0 Å². The van der Waals surface area contributed by atoms with Gasteiger partial charge in [0, 0.05) is 24.3 Å². The molecule has 2 amide bonds. The predicted molar refractivity (Wildman–Crippen MR) is 123 cm³/mol. The van der Waals surface area contributed by atoms with Crippen LogP contribution in [-0.2, 0) is 24.3 Å². The van der Waals surface area contributed by atoms with Gasteiger partial charge in [-0.05, 0) is 43.2 Å². The number of fused-ring (bicyclic) bond motifs is 2. The van der Waals surface area contributed by atoms with Crippen LogP contribution in [0, 0.1) is 0 Å². The number of hydrogen-bond acceptors (Lipinski definition) is 7. The summed E-state index contributed by atoms with van der Waals surface area (Å²) in [5.41, 5.74) is 2.67. The van der Waals surface area contributed by atoms with Crippen molar-refractivity contribution >= 4 is 29.3 Å². The lowest BCUT2D eigenvalue weighted by molar-refractivity contribution is -0.116. The highest BCUT2D eigenvalue weighted by Gasteiger charge is 2.25. The third-order valence-corrected chi connectivity index (χ3v) is 6.62. The van der Waals surface area contributed by atoms with Crippen molar-refractivity contribution in [3.8, 4) is 11.5 Å². The van der Waals surface area contributed by atoms with Crippen molar-refractivity contribution < 1.29 is 19.1 Å². The maximum atomic E-state index is 12.8. The third-order valence-electron chi connectivity index (χ3n) is 5.66. The van der Waals surface area contributed by atoms with Crippen molar-refractivity contribution in [1.29, 1.82) is 0 Å². The molecule has 9 nitrogen and oxygen atoms in total. The highest BCUT2D eigenvalue weighted by atomic mass is 32.2. The van der Waals surface area contributed by atoms with Crippen LogP contribution in [0.4, 0.5) is 5.69 Å². The van der Waals surface area contributed by atoms with Crippen LogP contribution in [0.3, 0.4) is 0 Å². The molecular weight excluding hydrogens is 442 g/mol. The summed E-state index contributed by atoms with van der Waals surface area (Å²) in [6, 6.07) is 13.1. The summed E-state index contributed by atoms with van der Waals surface area (Å²) in [5.74, 6) is 1.90. The van der Waals surface area contributed by atoms with Gasteiger partial charge in [-0.3, -0.25) is 9.59 Å². The first-order chi connectivity index (χ1) is 16.1. The lowest BCUT2D eigenvalue weighted by Gasteiger charge is -2.17. The van der Waals surface area contributed by atoms with Crippen LogP contribution in [0.25, 0.3) is 0 Å². The van der Waals surface area contributed by atoms with Crippen molar-refractivity contribution in [2.45, 2.75) is 31.6 Å². The van der Waals surface area contributed by atoms with Crippen molar-refractivity contribution in [1.82, 2.24) is 20.1 Å². The first kappa shape index (κ1) is 21.3. The number of para-hydroxylation sites is 1. The summed E-state index contributed by atoms with van der Waals surface area (Å²) < 4.78 is 12.5. The Balaban J connectivity index is 1.20. The largest absolute Gasteiger partial charge is 0.454 e. The predicted octanol–water partition coefficient (Wildman–Crippen LogP) is 2.64. The van der Waals surface area contributed by atoms with Gasteiger partial charge in [-0.25, -0.2) is 0 Å². The molecule has 10 heteroatoms. The second kappa shape index (κ2) is 9.14. The molecule has 0 atom stereocenters. The number of amides is 2. The minimum atomic E-state index is -0.240. The van der Waals surface area contributed by atoms with Crippen molar-refractivity contribution in [2.75, 3.05) is 24.0 Å². The quantitative estimate of drug-likeness (QED) is 0.536. The molecule has 0 fully saturated rings. The zero-order valence-electron chi connectivity index (χ0n) is 18.1. The lowest BCUT2D eigenvalue weighted by Crippen LogP contribution is -2.30. The summed E-state index contributed by atoms with van der Waals surface area (Å²) in [7, 11) is 0. The smallest absolute Gasteiger partial charge is 0.251 e. The fourth-order valence-electron chi connectivity index (χ4n) is 3.97. The van der Waals surface area contributed by atoms with E-state index < -0.39 is 0 Å². The monoisotopic (exact) mass is 465 g/mol. The van der Waals surface area contributed by atoms with E-state index in [-0.39, 0.29) is 30.9 Å². The van der Waals surface area contributed by atoms with E-state index in [4.69, 9.17) is 9.47 Å². The lowest BCUT2D eigenvalue weighted by atomic mass is 10.2. The van der Waals surface area contributed by atoms with Crippen LogP contribution in [0.15, 0.2) is 47.6 Å². The van der Waals surface area contributed by atoms with Crippen LogP contribution in [-0.4, -0.2) is 45.7 Å². The van der Waals surface area contributed by atoms with Gasteiger partial charge < -0.3 is 24.3 Å². The standard InChI is InChI=1S/C23H23N5O4S/c1-2-27-20(12-24-22(30)16-7-8-18-19(11-16)32-14-31-18)25-26-23(27)33-13-21(29)28-10-9-15-5-3-4-6-17(15)28/h3-8,11H,2,9-10,12-14H2,1H3,(H,24,30). The minimum Gasteiger partial charge on any atom is -0.454 e. The molecule has 0 bridgehead atoms. The minimum absolute atomic E-state index is 0.0493. The number of carbonyl (C=O) groups is 2. The SMILES string of the molecule is CCn1c(CNC(=O)c2ccc3c(c2)OCO3)nnc1SCC(=O)N1CCc2ccccc21. The average molecular weight is 466 g/mol. The number of rotatable bonds is 7. The number of nitrogens with zero attached hydrogens (tertiary/aromatic N) is 4. The van der Waals surface area contributed by atoms with E-state index in [1.54, 1.807) is 18.2 Å². The average Bonchev–Trinajstić information content (AvgIpc) is 3.58. The molecule has 0 radical (unpaired) electrons. The third kappa shape index (κ3) is 4.25. The second-order valence-electron chi connectivity index (χ2n) is 7.61. The van der Waals surface area contributed by atoms with E-state index in [9.17, 15) is 9.59 Å². The number of thioether (sulfide) groups is 1. The van der Waals surface area contributed by atoms with Gasteiger partial charge in [-0.15, -0.1) is 10.2 Å². The topological polar surface area (TPSA) is 98.6 Å². The van der Waals surface area contributed by atoms with Crippen molar-refractivity contribution in [2.24, 2.45) is 0 Å². The normalized spacial score (nSPS) is 13.8. The number of anilines is 1. The summed E-state index contributed by atoms with van der Waals surface area (Å²) in [6.07, 6.45) is 0.880. The Morgan fingerprint density at radius 3 is 2.85 bits per heavy atom. The summed E-state index contributed by atoms with van der Waals surface area (Å²) in [4.78, 5) is 27.2. The number of ether oxygens (including phenoxy) is 2. The van der Waals surface area contributed by atoms with Gasteiger partial charge in [0.1, 0.15) is 0 Å². The van der Waals surface area contributed by atoms with Crippen LogP contribution in [0.5, 0.6) is 11.5 Å². The zero-order valence-corrected chi connectivity index (χ0v) is 18.9. The van der Waals surface area contributed by atoms with Gasteiger partial charge in [0.05, 0.1) is 12.3 Å². The van der Waals surface area contributed by atoms with Gasteiger partial charge in [0.2, 0.25) is 12.7 Å². The Labute approximate surface area is 195 Å². The van der Waals surface area contributed by atoms with Crippen molar-refractivity contribution in [3.05, 3.63) is 59.4 Å². The van der Waals surface area contributed by atoms with Crippen LogP contribution in [0.2, 0.25) is 0 Å². The Bertz CT molecular complexity index is 1210. The highest BCUT2D eigenvalue weighted by molar-refractivity contribution is 7.99. The molecule has 0 aliphatic carbocycles. The number of benzene rings is 2. The molecule has 2 aliphatic rings. The van der Waals surface area contributed by atoms with E-state index in [0.29, 0.717) is 41.1 Å². The van der Waals surface area contributed by atoms with E-state index in [1.165, 1.54) is 17.3 Å². The second-order valence-corrected chi connectivity index (χ2v) is 8.55. The number of hydrogen-bond donors (Lipinski definition) is 1. The summed E-state index contributed by atoms with van der Waals surface area (Å²) >= 11 is 1.36. The van der Waals surface area contributed by atoms with Gasteiger partial charge in [0.25, 0.3) is 5.91 Å². The van der Waals surface area contributed by atoms with Gasteiger partial charge in [-0.2, -0.15) is 0 Å². The fraction of sp³-hybridized carbons (Fsp3) is 0.304. The zero-order chi connectivity index (χ0) is 22.8. The molecule has 33 heavy (non-hydrogen) atoms. The summed E-state index contributed by atoms with van der Waals surface area (Å²) in [5, 5.41) is 12.0. The first-order valence-corrected chi connectivity index (χ1v) is 11.7. The maximum absolute atomic E-state index is 12.8. The van der Waals surface area contributed by atoms with E-state index in [0.717, 1.165) is 12.1 Å². The molecule has 2 aliphatic heterocycles. The maximum Gasteiger partial charge on any atom is 0.251 e. The Morgan fingerprint density at radius 1 is 1.12 bits per heavy atom. The molecule has 0 saturated carbocycles. The molecule has 3 aromatic rings. The first-order valence-electron chi connectivity index (χ1n) is 10.7. The summed E-state index contributed by atoms with van der Waals surface area (Å²) in [6.45, 7) is 3.70. The van der Waals surface area contributed by atoms with Crippen LogP contribution < -0.4 is 19.7 Å². The fourth-order valence-corrected chi connectivity index (χ4v) is 4.87. The number of nitrogens with one attached hydrogen (secondary N) is 1. The molecule has 0 unspecified atom stereocenters. The van der Waals surface area contributed by atoms with E-state index >= 15 is 0 Å². The Morgan fingerprint density at radius 2 is 1.97 bits per heavy atom. The molecule has 1 aromatic heterocycles. The van der Waals surface area contributed by atoms with E-state index in [1.807, 2.05) is 34.6 Å². The van der Waals surface area contributed by atoms with Crippen molar-refractivity contribution in [3.63, 3.8) is 0 Å². The highest BCUT2D eigenvalue weighted by Crippen LogP contribution is 2.32. The van der Waals surface area contributed by atoms with Gasteiger partial charge in [-0.1, -0.05) is 30.0 Å². The Kier molecular flexibility index (Phi) is 5.91. The molecule has 170 valence electrons. The van der Waals surface area contributed by atoms with Gasteiger partial charge in [0.15, 0.2) is 22.5 Å². The van der Waals surface area contributed by atoms with Crippen LogP contribution >= 0.6 is 11.8 Å². The molecule has 3 heterocycles. The molecule has 1 N–H and O–H groups in total. The molecule has 5 rings (SSSR count). The molecule has 0 saturated heterocycles. The van der Waals surface area contributed by atoms with Crippen LogP contribution in [0.1, 0.15) is 28.7 Å². The molecule has 2 aromatic carbocycles. The molecular formula is C23H23N5O4S. The molecule has 0 spiro atoms.